The van der Waals surface area contributed by atoms with Gasteiger partial charge in [0.2, 0.25) is 0 Å². The molecule has 0 saturated carbocycles. The topological polar surface area (TPSA) is 71.9 Å². The van der Waals surface area contributed by atoms with Crippen molar-refractivity contribution in [2.24, 2.45) is 0 Å². The average molecular weight is 339 g/mol. The van der Waals surface area contributed by atoms with E-state index in [1.54, 1.807) is 13.2 Å². The molecular weight excluding hydrogens is 318 g/mol. The molecule has 0 spiro atoms. The van der Waals surface area contributed by atoms with Gasteiger partial charge in [-0.2, -0.15) is 0 Å². The van der Waals surface area contributed by atoms with E-state index in [1.165, 1.54) is 9.80 Å². The van der Waals surface area contributed by atoms with Gasteiger partial charge in [-0.1, -0.05) is 36.4 Å². The molecule has 130 valence electrons. The predicted molar refractivity (Wildman–Crippen MR) is 93.3 cm³/mol. The van der Waals surface area contributed by atoms with E-state index in [9.17, 15) is 9.90 Å². The Hall–Kier alpha value is -2.64. The molecule has 2 aliphatic rings. The molecule has 0 radical (unpaired) electrons. The van der Waals surface area contributed by atoms with Crippen molar-refractivity contribution < 1.29 is 9.90 Å². The fraction of sp³-hybridized carbons (Fsp3) is 0.333. The maximum absolute atomic E-state index is 12.4. The van der Waals surface area contributed by atoms with E-state index in [0.29, 0.717) is 13.0 Å². The van der Waals surface area contributed by atoms with E-state index in [4.69, 9.17) is 0 Å². The van der Waals surface area contributed by atoms with E-state index in [0.717, 1.165) is 11.4 Å². The molecule has 1 aromatic heterocycles. The zero-order valence-electron chi connectivity index (χ0n) is 14.0. The molecule has 4 rings (SSSR count). The maximum atomic E-state index is 12.4. The molecule has 25 heavy (non-hydrogen) atoms. The van der Waals surface area contributed by atoms with Crippen LogP contribution in [0.5, 0.6) is 0 Å². The van der Waals surface area contributed by atoms with Crippen molar-refractivity contribution in [1.29, 1.82) is 0 Å². The fourth-order valence-electron chi connectivity index (χ4n) is 3.55. The normalized spacial score (nSPS) is 26.6. The summed E-state index contributed by atoms with van der Waals surface area (Å²) in [7, 11) is 1.70. The first-order chi connectivity index (χ1) is 12.1. The molecule has 3 heterocycles. The smallest absolute Gasteiger partial charge is 0.323 e. The van der Waals surface area contributed by atoms with Crippen molar-refractivity contribution in [1.82, 2.24) is 20.2 Å². The number of nitrogens with one attached hydrogen (secondary N) is 1. The van der Waals surface area contributed by atoms with Gasteiger partial charge in [0, 0.05) is 19.7 Å². The lowest BCUT2D eigenvalue weighted by molar-refractivity contribution is 0.0325. The van der Waals surface area contributed by atoms with E-state index in [-0.39, 0.29) is 18.2 Å². The van der Waals surface area contributed by atoms with Crippen molar-refractivity contribution >= 4 is 11.8 Å². The third-order valence-corrected chi connectivity index (χ3v) is 4.77. The summed E-state index contributed by atoms with van der Waals surface area (Å²) in [6, 6.07) is 15.7. The summed E-state index contributed by atoms with van der Waals surface area (Å²) in [4.78, 5) is 19.9. The number of pyridine rings is 1. The minimum Gasteiger partial charge on any atom is -0.371 e. The highest BCUT2D eigenvalue weighted by Crippen LogP contribution is 2.35. The van der Waals surface area contributed by atoms with Gasteiger partial charge in [0.05, 0.1) is 12.6 Å². The minimum atomic E-state index is -0.810. The number of anilines is 1. The van der Waals surface area contributed by atoms with Crippen LogP contribution in [-0.2, 0) is 0 Å². The van der Waals surface area contributed by atoms with Gasteiger partial charge in [0.25, 0.3) is 0 Å². The Morgan fingerprint density at radius 2 is 1.92 bits per heavy atom. The summed E-state index contributed by atoms with van der Waals surface area (Å²) in [6.07, 6.45) is 1.31. The number of carbonyl (C=O) groups excluding carboxylic acids is 1. The summed E-state index contributed by atoms with van der Waals surface area (Å²) >= 11 is 0. The highest BCUT2D eigenvalue weighted by Gasteiger charge is 2.44. The standard InChI is InChI=1S/C18H21N5O2/c1-21-12-17(24)22(18(21)25)16-11-14(13-7-3-2-4-8-13)23(20-16)15-9-5-6-10-19-15/h2-10,14,16-17,20,24H,11-12H2,1H3. The molecule has 2 aliphatic heterocycles. The van der Waals surface area contributed by atoms with Gasteiger partial charge in [-0.15, -0.1) is 0 Å². The van der Waals surface area contributed by atoms with Crippen LogP contribution >= 0.6 is 0 Å². The Morgan fingerprint density at radius 1 is 1.16 bits per heavy atom. The number of β-amino-alcohol motifs (C(OH)–C–C–N with tert-alkyl or cyclic N) is 1. The third kappa shape index (κ3) is 2.81. The van der Waals surface area contributed by atoms with Gasteiger partial charge in [-0.3, -0.25) is 9.91 Å². The van der Waals surface area contributed by atoms with Crippen LogP contribution in [0.3, 0.4) is 0 Å². The Balaban J connectivity index is 1.66. The van der Waals surface area contributed by atoms with E-state index in [2.05, 4.69) is 22.5 Å². The van der Waals surface area contributed by atoms with Gasteiger partial charge in [-0.25, -0.2) is 15.2 Å². The number of aromatic nitrogens is 1. The summed E-state index contributed by atoms with van der Waals surface area (Å²) < 4.78 is 0. The molecule has 2 fully saturated rings. The predicted octanol–water partition coefficient (Wildman–Crippen LogP) is 1.55. The lowest BCUT2D eigenvalue weighted by Crippen LogP contribution is -2.50. The second-order valence-corrected chi connectivity index (χ2v) is 6.42. The van der Waals surface area contributed by atoms with Crippen molar-refractivity contribution in [2.75, 3.05) is 18.6 Å². The number of likely N-dealkylation sites (N-methyl/N-ethyl adjacent to an activating group) is 1. The van der Waals surface area contributed by atoms with Crippen LogP contribution in [0.4, 0.5) is 10.6 Å². The molecule has 0 bridgehead atoms. The van der Waals surface area contributed by atoms with Crippen molar-refractivity contribution in [3.63, 3.8) is 0 Å². The Labute approximate surface area is 146 Å². The van der Waals surface area contributed by atoms with Crippen molar-refractivity contribution in [3.8, 4) is 0 Å². The van der Waals surface area contributed by atoms with Gasteiger partial charge < -0.3 is 10.0 Å². The zero-order chi connectivity index (χ0) is 17.4. The van der Waals surface area contributed by atoms with Crippen LogP contribution in [0.15, 0.2) is 54.7 Å². The number of aliphatic hydroxyl groups is 1. The highest BCUT2D eigenvalue weighted by molar-refractivity contribution is 5.77. The first-order valence-electron chi connectivity index (χ1n) is 8.38. The van der Waals surface area contributed by atoms with Crippen molar-refractivity contribution in [3.05, 3.63) is 60.3 Å². The maximum Gasteiger partial charge on any atom is 0.323 e. The number of benzene rings is 1. The van der Waals surface area contributed by atoms with E-state index in [1.807, 2.05) is 41.4 Å². The Morgan fingerprint density at radius 3 is 2.56 bits per heavy atom. The number of nitrogens with zero attached hydrogens (tertiary/aromatic N) is 4. The number of hydrogen-bond donors (Lipinski definition) is 2. The number of amides is 2. The lowest BCUT2D eigenvalue weighted by Gasteiger charge is -2.28. The average Bonchev–Trinajstić information content (AvgIpc) is 3.18. The van der Waals surface area contributed by atoms with Crippen LogP contribution < -0.4 is 10.4 Å². The molecule has 3 unspecified atom stereocenters. The number of hydrogen-bond acceptors (Lipinski definition) is 5. The summed E-state index contributed by atoms with van der Waals surface area (Å²) in [5.41, 5.74) is 4.51. The molecule has 2 amide bonds. The van der Waals surface area contributed by atoms with Gasteiger partial charge >= 0.3 is 6.03 Å². The zero-order valence-corrected chi connectivity index (χ0v) is 14.0. The molecule has 2 saturated heterocycles. The molecule has 0 aliphatic carbocycles. The van der Waals surface area contributed by atoms with Crippen LogP contribution in [0.2, 0.25) is 0 Å². The number of aliphatic hydroxyl groups excluding tert-OH is 1. The molecular formula is C18H21N5O2. The molecule has 3 atom stereocenters. The number of carbonyl (C=O) groups is 1. The largest absolute Gasteiger partial charge is 0.371 e. The highest BCUT2D eigenvalue weighted by atomic mass is 16.3. The SMILES string of the molecule is CN1CC(O)N(C2CC(c3ccccc3)N(c3ccccn3)N2)C1=O. The minimum absolute atomic E-state index is 0.0204. The van der Waals surface area contributed by atoms with Crippen LogP contribution in [0.1, 0.15) is 18.0 Å². The third-order valence-electron chi connectivity index (χ3n) is 4.77. The van der Waals surface area contributed by atoms with Crippen LogP contribution in [0.25, 0.3) is 0 Å². The van der Waals surface area contributed by atoms with E-state index < -0.39 is 6.23 Å². The molecule has 2 aromatic rings. The van der Waals surface area contributed by atoms with E-state index >= 15 is 0 Å². The van der Waals surface area contributed by atoms with Gasteiger partial charge in [-0.05, 0) is 17.7 Å². The second kappa shape index (κ2) is 6.34. The first kappa shape index (κ1) is 15.9. The van der Waals surface area contributed by atoms with Gasteiger partial charge in [0.15, 0.2) is 0 Å². The molecule has 7 nitrogen and oxygen atoms in total. The summed E-state index contributed by atoms with van der Waals surface area (Å²) in [5, 5.41) is 12.3. The second-order valence-electron chi connectivity index (χ2n) is 6.42. The summed E-state index contributed by atoms with van der Waals surface area (Å²) in [5.74, 6) is 0.786. The lowest BCUT2D eigenvalue weighted by atomic mass is 10.0. The molecule has 2 N–H and O–H groups in total. The summed E-state index contributed by atoms with van der Waals surface area (Å²) in [6.45, 7) is 0.316. The number of rotatable bonds is 3. The molecule has 7 heteroatoms. The fourth-order valence-corrected chi connectivity index (χ4v) is 3.55. The Bertz CT molecular complexity index is 694. The van der Waals surface area contributed by atoms with Crippen LogP contribution in [0, 0.1) is 0 Å². The monoisotopic (exact) mass is 339 g/mol. The molecule has 1 aromatic carbocycles. The van der Waals surface area contributed by atoms with Gasteiger partial charge in [0.1, 0.15) is 18.2 Å². The first-order valence-corrected chi connectivity index (χ1v) is 8.38. The quantitative estimate of drug-likeness (QED) is 0.888. The Kier molecular flexibility index (Phi) is 4.03. The number of urea groups is 1. The van der Waals surface area contributed by atoms with Crippen LogP contribution in [-0.4, -0.2) is 51.9 Å². The van der Waals surface area contributed by atoms with Crippen molar-refractivity contribution in [2.45, 2.75) is 24.9 Å². The number of hydrazine groups is 1.